The number of amides is 1. The van der Waals surface area contributed by atoms with Gasteiger partial charge in [-0.3, -0.25) is 4.79 Å². The van der Waals surface area contributed by atoms with Crippen molar-refractivity contribution in [1.29, 1.82) is 0 Å². The number of thioether (sulfide) groups is 1. The van der Waals surface area contributed by atoms with Gasteiger partial charge < -0.3 is 11.1 Å². The van der Waals surface area contributed by atoms with Crippen LogP contribution in [0.2, 0.25) is 0 Å². The highest BCUT2D eigenvalue weighted by atomic mass is 32.2. The second kappa shape index (κ2) is 6.50. The molecule has 0 aromatic heterocycles. The van der Waals surface area contributed by atoms with Crippen LogP contribution >= 0.6 is 11.8 Å². The van der Waals surface area contributed by atoms with E-state index in [1.54, 1.807) is 0 Å². The molecule has 0 radical (unpaired) electrons. The second-order valence-electron chi connectivity index (χ2n) is 4.84. The van der Waals surface area contributed by atoms with Gasteiger partial charge in [0.1, 0.15) is 0 Å². The Morgan fingerprint density at radius 3 is 2.88 bits per heavy atom. The van der Waals surface area contributed by atoms with Gasteiger partial charge in [-0.1, -0.05) is 13.3 Å². The van der Waals surface area contributed by atoms with Crippen molar-refractivity contribution < 1.29 is 4.79 Å². The van der Waals surface area contributed by atoms with E-state index in [9.17, 15) is 4.79 Å². The molecule has 1 aliphatic rings. The van der Waals surface area contributed by atoms with Crippen molar-refractivity contribution in [2.45, 2.75) is 44.3 Å². The number of rotatable bonds is 6. The molecule has 3 nitrogen and oxygen atoms in total. The molecule has 1 rings (SSSR count). The van der Waals surface area contributed by atoms with E-state index in [1.807, 2.05) is 11.8 Å². The maximum Gasteiger partial charge on any atom is 0.224 e. The van der Waals surface area contributed by atoms with Crippen LogP contribution in [-0.2, 0) is 4.79 Å². The molecule has 2 unspecified atom stereocenters. The summed E-state index contributed by atoms with van der Waals surface area (Å²) in [6.07, 6.45) is 4.39. The molecule has 0 bridgehead atoms. The molecule has 0 spiro atoms. The summed E-state index contributed by atoms with van der Waals surface area (Å²) in [5.41, 5.74) is 5.61. The minimum absolute atomic E-state index is 0.00000283. The summed E-state index contributed by atoms with van der Waals surface area (Å²) in [5, 5.41) is 3.06. The molecular weight excluding hydrogens is 220 g/mol. The summed E-state index contributed by atoms with van der Waals surface area (Å²) >= 11 is 1.97. The molecule has 94 valence electrons. The van der Waals surface area contributed by atoms with E-state index < -0.39 is 0 Å². The monoisotopic (exact) mass is 244 g/mol. The standard InChI is InChI=1S/C12H24N2OS/c1-3-5-10(8-13)11(15)14-9-12(2)6-4-7-16-12/h10H,3-9,13H2,1-2H3,(H,14,15). The van der Waals surface area contributed by atoms with Gasteiger partial charge in [-0.05, 0) is 31.9 Å². The van der Waals surface area contributed by atoms with Gasteiger partial charge in [-0.2, -0.15) is 11.8 Å². The summed E-state index contributed by atoms with van der Waals surface area (Å²) in [6, 6.07) is 0. The fraction of sp³-hybridized carbons (Fsp3) is 0.917. The van der Waals surface area contributed by atoms with Crippen LogP contribution in [0.4, 0.5) is 0 Å². The van der Waals surface area contributed by atoms with Crippen molar-refractivity contribution in [2.24, 2.45) is 11.7 Å². The number of carbonyl (C=O) groups excluding carboxylic acids is 1. The molecule has 1 fully saturated rings. The maximum atomic E-state index is 11.9. The smallest absolute Gasteiger partial charge is 0.224 e. The third kappa shape index (κ3) is 3.98. The van der Waals surface area contributed by atoms with Crippen LogP contribution in [0, 0.1) is 5.92 Å². The Hall–Kier alpha value is -0.220. The van der Waals surface area contributed by atoms with Gasteiger partial charge in [0, 0.05) is 17.8 Å². The zero-order valence-corrected chi connectivity index (χ0v) is 11.2. The Labute approximate surface area is 103 Å². The van der Waals surface area contributed by atoms with Crippen LogP contribution in [0.3, 0.4) is 0 Å². The Morgan fingerprint density at radius 2 is 2.38 bits per heavy atom. The largest absolute Gasteiger partial charge is 0.354 e. The third-order valence-electron chi connectivity index (χ3n) is 3.23. The van der Waals surface area contributed by atoms with Crippen LogP contribution in [-0.4, -0.2) is 29.5 Å². The topological polar surface area (TPSA) is 55.1 Å². The quantitative estimate of drug-likeness (QED) is 0.748. The molecular formula is C12H24N2OS. The minimum Gasteiger partial charge on any atom is -0.354 e. The predicted octanol–water partition coefficient (Wildman–Crippen LogP) is 1.76. The third-order valence-corrected chi connectivity index (χ3v) is 4.77. The average molecular weight is 244 g/mol. The molecule has 4 heteroatoms. The van der Waals surface area contributed by atoms with Gasteiger partial charge >= 0.3 is 0 Å². The Bertz CT molecular complexity index is 227. The number of hydrogen-bond donors (Lipinski definition) is 2. The van der Waals surface area contributed by atoms with Crippen LogP contribution in [0.1, 0.15) is 39.5 Å². The predicted molar refractivity (Wildman–Crippen MR) is 70.6 cm³/mol. The molecule has 1 saturated heterocycles. The van der Waals surface area contributed by atoms with E-state index in [4.69, 9.17) is 5.73 Å². The van der Waals surface area contributed by atoms with Crippen LogP contribution in [0.15, 0.2) is 0 Å². The SMILES string of the molecule is CCCC(CN)C(=O)NCC1(C)CCCS1. The maximum absolute atomic E-state index is 11.9. The van der Waals surface area contributed by atoms with Gasteiger partial charge in [-0.25, -0.2) is 0 Å². The molecule has 0 aliphatic carbocycles. The van der Waals surface area contributed by atoms with Gasteiger partial charge in [-0.15, -0.1) is 0 Å². The first-order chi connectivity index (χ1) is 7.61. The van der Waals surface area contributed by atoms with Gasteiger partial charge in [0.05, 0.1) is 5.92 Å². The number of carbonyl (C=O) groups is 1. The lowest BCUT2D eigenvalue weighted by Crippen LogP contribution is -2.41. The molecule has 0 aromatic carbocycles. The Balaban J connectivity index is 2.33. The van der Waals surface area contributed by atoms with E-state index in [0.717, 1.165) is 19.4 Å². The fourth-order valence-corrected chi connectivity index (χ4v) is 3.34. The van der Waals surface area contributed by atoms with Crippen molar-refractivity contribution in [2.75, 3.05) is 18.8 Å². The van der Waals surface area contributed by atoms with E-state index >= 15 is 0 Å². The Morgan fingerprint density at radius 1 is 1.62 bits per heavy atom. The lowest BCUT2D eigenvalue weighted by atomic mass is 10.0. The second-order valence-corrected chi connectivity index (χ2v) is 6.52. The van der Waals surface area contributed by atoms with Crippen molar-refractivity contribution >= 4 is 17.7 Å². The van der Waals surface area contributed by atoms with Crippen LogP contribution in [0.25, 0.3) is 0 Å². The molecule has 1 aliphatic heterocycles. The lowest BCUT2D eigenvalue weighted by Gasteiger charge is -2.24. The number of nitrogens with one attached hydrogen (secondary N) is 1. The summed E-state index contributed by atoms with van der Waals surface area (Å²) < 4.78 is 0.251. The minimum atomic E-state index is 0.00000283. The van der Waals surface area contributed by atoms with Crippen molar-refractivity contribution in [1.82, 2.24) is 5.32 Å². The average Bonchev–Trinajstić information content (AvgIpc) is 2.70. The first-order valence-electron chi connectivity index (χ1n) is 6.23. The van der Waals surface area contributed by atoms with Crippen molar-refractivity contribution in [3.8, 4) is 0 Å². The molecule has 2 atom stereocenters. The Kier molecular flexibility index (Phi) is 5.62. The van der Waals surface area contributed by atoms with Gasteiger partial charge in [0.2, 0.25) is 5.91 Å². The first-order valence-corrected chi connectivity index (χ1v) is 7.21. The van der Waals surface area contributed by atoms with Crippen LogP contribution < -0.4 is 11.1 Å². The molecule has 1 amide bonds. The number of nitrogens with two attached hydrogens (primary N) is 1. The first kappa shape index (κ1) is 13.8. The van der Waals surface area contributed by atoms with Crippen molar-refractivity contribution in [3.63, 3.8) is 0 Å². The highest BCUT2D eigenvalue weighted by Gasteiger charge is 2.30. The van der Waals surface area contributed by atoms with Gasteiger partial charge in [0.15, 0.2) is 0 Å². The number of hydrogen-bond acceptors (Lipinski definition) is 3. The van der Waals surface area contributed by atoms with E-state index in [-0.39, 0.29) is 16.6 Å². The lowest BCUT2D eigenvalue weighted by molar-refractivity contribution is -0.125. The fourth-order valence-electron chi connectivity index (χ4n) is 2.10. The highest BCUT2D eigenvalue weighted by molar-refractivity contribution is 8.00. The molecule has 1 heterocycles. The highest BCUT2D eigenvalue weighted by Crippen LogP contribution is 2.36. The normalized spacial score (nSPS) is 26.7. The summed E-state index contributed by atoms with van der Waals surface area (Å²) in [5.74, 6) is 1.36. The summed E-state index contributed by atoms with van der Waals surface area (Å²) in [4.78, 5) is 11.9. The zero-order chi connectivity index (χ0) is 12.0. The van der Waals surface area contributed by atoms with E-state index in [1.165, 1.54) is 18.6 Å². The van der Waals surface area contributed by atoms with Gasteiger partial charge in [0.25, 0.3) is 0 Å². The summed E-state index contributed by atoms with van der Waals surface area (Å²) in [6.45, 7) is 5.58. The molecule has 0 saturated carbocycles. The molecule has 16 heavy (non-hydrogen) atoms. The zero-order valence-electron chi connectivity index (χ0n) is 10.4. The molecule has 0 aromatic rings. The van der Waals surface area contributed by atoms with Crippen LogP contribution in [0.5, 0.6) is 0 Å². The van der Waals surface area contributed by atoms with E-state index in [0.29, 0.717) is 6.54 Å². The van der Waals surface area contributed by atoms with Crippen molar-refractivity contribution in [3.05, 3.63) is 0 Å². The van der Waals surface area contributed by atoms with E-state index in [2.05, 4.69) is 19.2 Å². The molecule has 3 N–H and O–H groups in total. The summed E-state index contributed by atoms with van der Waals surface area (Å²) in [7, 11) is 0.